The number of hydrogen-bond donors (Lipinski definition) is 1. The van der Waals surface area contributed by atoms with Crippen LogP contribution in [-0.4, -0.2) is 25.3 Å². The Balaban J connectivity index is 2.25. The zero-order chi connectivity index (χ0) is 13.0. The summed E-state index contributed by atoms with van der Waals surface area (Å²) in [5.41, 5.74) is 6.49. The van der Waals surface area contributed by atoms with Gasteiger partial charge in [-0.1, -0.05) is 12.1 Å². The summed E-state index contributed by atoms with van der Waals surface area (Å²) in [5, 5.41) is 0. The Morgan fingerprint density at radius 1 is 1.50 bits per heavy atom. The van der Waals surface area contributed by atoms with E-state index < -0.39 is 6.10 Å². The van der Waals surface area contributed by atoms with Gasteiger partial charge in [0.1, 0.15) is 0 Å². The van der Waals surface area contributed by atoms with Crippen LogP contribution in [0.15, 0.2) is 18.2 Å². The van der Waals surface area contributed by atoms with Crippen LogP contribution < -0.4 is 15.2 Å². The Hall–Kier alpha value is -1.75. The summed E-state index contributed by atoms with van der Waals surface area (Å²) in [4.78, 5) is 11.4. The van der Waals surface area contributed by atoms with Crippen molar-refractivity contribution in [3.8, 4) is 11.5 Å². The van der Waals surface area contributed by atoms with E-state index in [4.69, 9.17) is 19.9 Å². The molecule has 1 unspecified atom stereocenters. The van der Waals surface area contributed by atoms with E-state index in [2.05, 4.69) is 0 Å². The SMILES string of the molecule is CCOc1cccc(CN)c1OC1CCOC1=O. The van der Waals surface area contributed by atoms with E-state index in [1.807, 2.05) is 19.1 Å². The lowest BCUT2D eigenvalue weighted by molar-refractivity contribution is -0.143. The second-order valence-corrected chi connectivity index (χ2v) is 3.94. The van der Waals surface area contributed by atoms with Gasteiger partial charge in [-0.3, -0.25) is 0 Å². The monoisotopic (exact) mass is 251 g/mol. The quantitative estimate of drug-likeness (QED) is 0.797. The molecule has 1 aromatic carbocycles. The summed E-state index contributed by atoms with van der Waals surface area (Å²) in [7, 11) is 0. The highest BCUT2D eigenvalue weighted by Crippen LogP contribution is 2.33. The number of esters is 1. The lowest BCUT2D eigenvalue weighted by Gasteiger charge is -2.17. The molecular formula is C13H17NO4. The molecule has 0 saturated carbocycles. The molecule has 0 spiro atoms. The topological polar surface area (TPSA) is 70.8 Å². The van der Waals surface area contributed by atoms with Gasteiger partial charge >= 0.3 is 5.97 Å². The summed E-state index contributed by atoms with van der Waals surface area (Å²) in [6.07, 6.45) is 0.000413. The van der Waals surface area contributed by atoms with E-state index in [-0.39, 0.29) is 5.97 Å². The fourth-order valence-corrected chi connectivity index (χ4v) is 1.85. The van der Waals surface area contributed by atoms with E-state index in [1.165, 1.54) is 0 Å². The summed E-state index contributed by atoms with van der Waals surface area (Å²) in [6.45, 7) is 3.15. The second kappa shape index (κ2) is 5.73. The van der Waals surface area contributed by atoms with Gasteiger partial charge in [0.2, 0.25) is 0 Å². The predicted octanol–water partition coefficient (Wildman–Crippen LogP) is 1.24. The van der Waals surface area contributed by atoms with Crippen molar-refractivity contribution in [2.45, 2.75) is 26.0 Å². The maximum absolute atomic E-state index is 11.4. The second-order valence-electron chi connectivity index (χ2n) is 3.94. The Bertz CT molecular complexity index is 433. The Morgan fingerprint density at radius 3 is 2.94 bits per heavy atom. The van der Waals surface area contributed by atoms with E-state index in [1.54, 1.807) is 6.07 Å². The molecule has 1 aromatic rings. The first-order valence-corrected chi connectivity index (χ1v) is 6.04. The number of carbonyl (C=O) groups is 1. The Kier molecular flexibility index (Phi) is 4.04. The van der Waals surface area contributed by atoms with E-state index >= 15 is 0 Å². The minimum absolute atomic E-state index is 0.329. The third kappa shape index (κ3) is 2.56. The van der Waals surface area contributed by atoms with Gasteiger partial charge in [0, 0.05) is 18.5 Å². The first kappa shape index (κ1) is 12.7. The molecule has 5 heteroatoms. The number of rotatable bonds is 5. The van der Waals surface area contributed by atoms with Gasteiger partial charge in [0.25, 0.3) is 0 Å². The highest BCUT2D eigenvalue weighted by atomic mass is 16.6. The molecule has 98 valence electrons. The largest absolute Gasteiger partial charge is 0.490 e. The van der Waals surface area contributed by atoms with Gasteiger partial charge in [-0.15, -0.1) is 0 Å². The van der Waals surface area contributed by atoms with Crippen molar-refractivity contribution in [1.82, 2.24) is 0 Å². The van der Waals surface area contributed by atoms with Crippen molar-refractivity contribution >= 4 is 5.97 Å². The molecule has 1 aliphatic heterocycles. The normalized spacial score (nSPS) is 18.6. The fraction of sp³-hybridized carbons (Fsp3) is 0.462. The molecular weight excluding hydrogens is 234 g/mol. The number of hydrogen-bond acceptors (Lipinski definition) is 5. The van der Waals surface area contributed by atoms with Crippen LogP contribution in [0, 0.1) is 0 Å². The summed E-state index contributed by atoms with van der Waals surface area (Å²) < 4.78 is 16.1. The number of carbonyl (C=O) groups excluding carboxylic acids is 1. The Morgan fingerprint density at radius 2 is 2.33 bits per heavy atom. The lowest BCUT2D eigenvalue weighted by Crippen LogP contribution is -2.23. The van der Waals surface area contributed by atoms with Crippen molar-refractivity contribution in [1.29, 1.82) is 0 Å². The van der Waals surface area contributed by atoms with E-state index in [9.17, 15) is 4.79 Å². The van der Waals surface area contributed by atoms with Gasteiger partial charge < -0.3 is 19.9 Å². The third-order valence-corrected chi connectivity index (χ3v) is 2.73. The first-order valence-electron chi connectivity index (χ1n) is 6.04. The number of benzene rings is 1. The van der Waals surface area contributed by atoms with E-state index in [0.29, 0.717) is 37.7 Å². The summed E-state index contributed by atoms with van der Waals surface area (Å²) in [5.74, 6) is 0.829. The van der Waals surface area contributed by atoms with Crippen molar-refractivity contribution in [3.05, 3.63) is 23.8 Å². The number of cyclic esters (lactones) is 1. The smallest absolute Gasteiger partial charge is 0.347 e. The standard InChI is InChI=1S/C13H17NO4/c1-2-16-10-5-3-4-9(8-14)12(10)18-11-6-7-17-13(11)15/h3-5,11H,2,6-8,14H2,1H3. The highest BCUT2D eigenvalue weighted by Gasteiger charge is 2.30. The minimum atomic E-state index is -0.558. The molecule has 5 nitrogen and oxygen atoms in total. The molecule has 0 aromatic heterocycles. The Labute approximate surface area is 106 Å². The molecule has 18 heavy (non-hydrogen) atoms. The van der Waals surface area contributed by atoms with Crippen LogP contribution in [0.4, 0.5) is 0 Å². The molecule has 1 fully saturated rings. The zero-order valence-electron chi connectivity index (χ0n) is 10.3. The molecule has 2 N–H and O–H groups in total. The average molecular weight is 251 g/mol. The van der Waals surface area contributed by atoms with Crippen LogP contribution in [0.25, 0.3) is 0 Å². The predicted molar refractivity (Wildman–Crippen MR) is 65.5 cm³/mol. The molecule has 1 aliphatic rings. The van der Waals surface area contributed by atoms with Crippen LogP contribution in [0.5, 0.6) is 11.5 Å². The molecule has 1 heterocycles. The molecule has 0 bridgehead atoms. The van der Waals surface area contributed by atoms with Gasteiger partial charge in [-0.25, -0.2) is 4.79 Å². The van der Waals surface area contributed by atoms with Gasteiger partial charge in [-0.2, -0.15) is 0 Å². The number of ether oxygens (including phenoxy) is 3. The van der Waals surface area contributed by atoms with Gasteiger partial charge in [0.15, 0.2) is 17.6 Å². The molecule has 1 saturated heterocycles. The van der Waals surface area contributed by atoms with Crippen LogP contribution >= 0.6 is 0 Å². The van der Waals surface area contributed by atoms with Crippen LogP contribution in [0.1, 0.15) is 18.9 Å². The number of para-hydroxylation sites is 1. The molecule has 0 amide bonds. The fourth-order valence-electron chi connectivity index (χ4n) is 1.85. The van der Waals surface area contributed by atoms with Crippen LogP contribution in [-0.2, 0) is 16.1 Å². The van der Waals surface area contributed by atoms with Crippen molar-refractivity contribution in [3.63, 3.8) is 0 Å². The maximum atomic E-state index is 11.4. The third-order valence-electron chi connectivity index (χ3n) is 2.73. The first-order chi connectivity index (χ1) is 8.76. The van der Waals surface area contributed by atoms with E-state index in [0.717, 1.165) is 5.56 Å². The number of nitrogens with two attached hydrogens (primary N) is 1. The molecule has 1 atom stereocenters. The molecule has 2 rings (SSSR count). The van der Waals surface area contributed by atoms with Gasteiger partial charge in [-0.05, 0) is 13.0 Å². The summed E-state index contributed by atoms with van der Waals surface area (Å²) >= 11 is 0. The van der Waals surface area contributed by atoms with Crippen molar-refractivity contribution < 1.29 is 19.0 Å². The van der Waals surface area contributed by atoms with Crippen LogP contribution in [0.3, 0.4) is 0 Å². The van der Waals surface area contributed by atoms with Gasteiger partial charge in [0.05, 0.1) is 13.2 Å². The molecule has 0 aliphatic carbocycles. The van der Waals surface area contributed by atoms with Crippen LogP contribution in [0.2, 0.25) is 0 Å². The lowest BCUT2D eigenvalue weighted by atomic mass is 10.2. The summed E-state index contributed by atoms with van der Waals surface area (Å²) in [6, 6.07) is 5.52. The maximum Gasteiger partial charge on any atom is 0.347 e. The minimum Gasteiger partial charge on any atom is -0.490 e. The van der Waals surface area contributed by atoms with Crippen molar-refractivity contribution in [2.24, 2.45) is 5.73 Å². The molecule has 0 radical (unpaired) electrons. The zero-order valence-corrected chi connectivity index (χ0v) is 10.3. The highest BCUT2D eigenvalue weighted by molar-refractivity contribution is 5.77. The average Bonchev–Trinajstić information content (AvgIpc) is 2.77. The van der Waals surface area contributed by atoms with Crippen molar-refractivity contribution in [2.75, 3.05) is 13.2 Å².